The van der Waals surface area contributed by atoms with Gasteiger partial charge in [-0.05, 0) is 73.1 Å². The predicted octanol–water partition coefficient (Wildman–Crippen LogP) is 3.93. The van der Waals surface area contributed by atoms with Gasteiger partial charge in [-0.25, -0.2) is 0 Å². The van der Waals surface area contributed by atoms with Gasteiger partial charge in [0.1, 0.15) is 7.85 Å². The monoisotopic (exact) mass is 359 g/mol. The fourth-order valence-corrected chi connectivity index (χ4v) is 4.80. The molecule has 2 aliphatic rings. The smallest absolute Gasteiger partial charge is 0.113 e. The van der Waals surface area contributed by atoms with Crippen LogP contribution in [-0.4, -0.2) is 19.5 Å². The maximum Gasteiger partial charge on any atom is 0.113 e. The Hall–Kier alpha value is -1.58. The van der Waals surface area contributed by atoms with Crippen LogP contribution in [0.5, 0.6) is 0 Å². The van der Waals surface area contributed by atoms with Crippen LogP contribution in [0.4, 0.5) is 0 Å². The van der Waals surface area contributed by atoms with E-state index in [9.17, 15) is 0 Å². The van der Waals surface area contributed by atoms with Gasteiger partial charge < -0.3 is 10.5 Å². The lowest BCUT2D eigenvalue weighted by molar-refractivity contribution is 0.0319. The summed E-state index contributed by atoms with van der Waals surface area (Å²) in [5, 5.41) is 0. The Kier molecular flexibility index (Phi) is 5.43. The SMILES string of the molecule is [B]c1cccc(CO[C@@H]2CCc3cc([C@H]4CC[C@](N)(CC)C4)ccc3C2)c1. The number of rotatable bonds is 5. The lowest BCUT2D eigenvalue weighted by atomic mass is 9.85. The van der Waals surface area contributed by atoms with Crippen molar-refractivity contribution in [3.05, 3.63) is 64.7 Å². The second-order valence-electron chi connectivity index (χ2n) is 8.60. The molecular formula is C24H30BNO. The van der Waals surface area contributed by atoms with Crippen molar-refractivity contribution in [1.82, 2.24) is 0 Å². The molecule has 2 radical (unpaired) electrons. The summed E-state index contributed by atoms with van der Waals surface area (Å²) in [7, 11) is 5.86. The van der Waals surface area contributed by atoms with Crippen LogP contribution in [-0.2, 0) is 24.2 Å². The van der Waals surface area contributed by atoms with Crippen LogP contribution in [0.2, 0.25) is 0 Å². The van der Waals surface area contributed by atoms with Crippen molar-refractivity contribution in [1.29, 1.82) is 0 Å². The molecule has 0 aliphatic heterocycles. The number of hydrogen-bond acceptors (Lipinski definition) is 2. The molecule has 2 nitrogen and oxygen atoms in total. The van der Waals surface area contributed by atoms with Crippen LogP contribution in [0.3, 0.4) is 0 Å². The molecule has 1 saturated carbocycles. The number of ether oxygens (including phenoxy) is 1. The Morgan fingerprint density at radius 1 is 1.15 bits per heavy atom. The van der Waals surface area contributed by atoms with Gasteiger partial charge >= 0.3 is 0 Å². The standard InChI is InChI=1S/C24H30BNO/c1-2-24(26)11-10-21(15-24)19-6-7-20-14-23(9-8-18(20)13-19)27-16-17-4-3-5-22(25)12-17/h3-7,12-13,21,23H,2,8-11,14-16,26H2,1H3/t21-,23+,24+/m0/s1. The van der Waals surface area contributed by atoms with E-state index in [1.807, 2.05) is 18.2 Å². The second kappa shape index (κ2) is 7.81. The third-order valence-electron chi connectivity index (χ3n) is 6.67. The molecule has 2 aromatic rings. The minimum Gasteiger partial charge on any atom is -0.373 e. The molecule has 4 rings (SSSR count). The van der Waals surface area contributed by atoms with Crippen molar-refractivity contribution in [3.63, 3.8) is 0 Å². The van der Waals surface area contributed by atoms with Crippen LogP contribution < -0.4 is 11.2 Å². The number of aryl methyl sites for hydroxylation is 1. The summed E-state index contributed by atoms with van der Waals surface area (Å²) in [6.45, 7) is 2.86. The Morgan fingerprint density at radius 2 is 2.04 bits per heavy atom. The molecule has 0 amide bonds. The van der Waals surface area contributed by atoms with Gasteiger partial charge in [0.15, 0.2) is 0 Å². The van der Waals surface area contributed by atoms with Gasteiger partial charge in [0, 0.05) is 5.54 Å². The quantitative estimate of drug-likeness (QED) is 0.821. The molecule has 0 saturated heterocycles. The molecule has 3 heteroatoms. The highest BCUT2D eigenvalue weighted by Crippen LogP contribution is 2.42. The largest absolute Gasteiger partial charge is 0.373 e. The molecule has 2 N–H and O–H groups in total. The van der Waals surface area contributed by atoms with E-state index in [1.165, 1.54) is 23.1 Å². The normalized spacial score (nSPS) is 27.5. The first-order chi connectivity index (χ1) is 13.0. The zero-order chi connectivity index (χ0) is 18.9. The van der Waals surface area contributed by atoms with Crippen molar-refractivity contribution < 1.29 is 4.74 Å². The molecule has 2 aliphatic carbocycles. The number of nitrogens with two attached hydrogens (primary N) is 1. The molecule has 2 aromatic carbocycles. The first-order valence-electron chi connectivity index (χ1n) is 10.4. The van der Waals surface area contributed by atoms with Crippen LogP contribution in [0.1, 0.15) is 67.2 Å². The van der Waals surface area contributed by atoms with E-state index in [0.717, 1.165) is 49.6 Å². The van der Waals surface area contributed by atoms with Gasteiger partial charge in [0.05, 0.1) is 12.7 Å². The first-order valence-corrected chi connectivity index (χ1v) is 10.4. The highest BCUT2D eigenvalue weighted by molar-refractivity contribution is 6.32. The average molecular weight is 359 g/mol. The minimum atomic E-state index is 0.0559. The van der Waals surface area contributed by atoms with Gasteiger partial charge in [0.25, 0.3) is 0 Å². The molecule has 0 heterocycles. The zero-order valence-corrected chi connectivity index (χ0v) is 16.4. The van der Waals surface area contributed by atoms with E-state index < -0.39 is 0 Å². The maximum atomic E-state index is 6.51. The molecule has 27 heavy (non-hydrogen) atoms. The van der Waals surface area contributed by atoms with Crippen molar-refractivity contribution in [3.8, 4) is 0 Å². The molecule has 0 unspecified atom stereocenters. The van der Waals surface area contributed by atoms with Crippen LogP contribution >= 0.6 is 0 Å². The van der Waals surface area contributed by atoms with Gasteiger partial charge in [-0.1, -0.05) is 54.9 Å². The van der Waals surface area contributed by atoms with E-state index in [4.69, 9.17) is 18.3 Å². The lowest BCUT2D eigenvalue weighted by Crippen LogP contribution is -2.35. The van der Waals surface area contributed by atoms with E-state index in [0.29, 0.717) is 18.6 Å². The highest BCUT2D eigenvalue weighted by Gasteiger charge is 2.35. The molecule has 0 spiro atoms. The summed E-state index contributed by atoms with van der Waals surface area (Å²) in [4.78, 5) is 0. The topological polar surface area (TPSA) is 35.2 Å². The van der Waals surface area contributed by atoms with Gasteiger partial charge in [-0.2, -0.15) is 0 Å². The van der Waals surface area contributed by atoms with Gasteiger partial charge in [0.2, 0.25) is 0 Å². The second-order valence-corrected chi connectivity index (χ2v) is 8.60. The third-order valence-corrected chi connectivity index (χ3v) is 6.67. The summed E-state index contributed by atoms with van der Waals surface area (Å²) >= 11 is 0. The van der Waals surface area contributed by atoms with Crippen molar-refractivity contribution in [2.45, 2.75) is 76.0 Å². The van der Waals surface area contributed by atoms with Gasteiger partial charge in [-0.15, -0.1) is 0 Å². The Morgan fingerprint density at radius 3 is 2.81 bits per heavy atom. The Labute approximate surface area is 164 Å². The fraction of sp³-hybridized carbons (Fsp3) is 0.500. The van der Waals surface area contributed by atoms with Crippen molar-refractivity contribution in [2.24, 2.45) is 5.73 Å². The summed E-state index contributed by atoms with van der Waals surface area (Å²) < 4.78 is 6.18. The Balaban J connectivity index is 1.38. The molecule has 0 bridgehead atoms. The number of hydrogen-bond donors (Lipinski definition) is 1. The summed E-state index contributed by atoms with van der Waals surface area (Å²) in [5.74, 6) is 0.637. The number of benzene rings is 2. The minimum absolute atomic E-state index is 0.0559. The highest BCUT2D eigenvalue weighted by atomic mass is 16.5. The van der Waals surface area contributed by atoms with Crippen molar-refractivity contribution in [2.75, 3.05) is 0 Å². The number of fused-ring (bicyclic) bond motifs is 1. The van der Waals surface area contributed by atoms with Crippen LogP contribution in [0.15, 0.2) is 42.5 Å². The van der Waals surface area contributed by atoms with E-state index in [-0.39, 0.29) is 5.54 Å². The molecular weight excluding hydrogens is 329 g/mol. The summed E-state index contributed by atoms with van der Waals surface area (Å²) in [6, 6.07) is 15.1. The Bertz CT molecular complexity index is 805. The zero-order valence-electron chi connectivity index (χ0n) is 16.4. The first kappa shape index (κ1) is 18.8. The van der Waals surface area contributed by atoms with Crippen LogP contribution in [0, 0.1) is 0 Å². The maximum absolute atomic E-state index is 6.51. The van der Waals surface area contributed by atoms with E-state index in [2.05, 4.69) is 31.2 Å². The molecule has 1 fully saturated rings. The van der Waals surface area contributed by atoms with Crippen LogP contribution in [0.25, 0.3) is 0 Å². The fourth-order valence-electron chi connectivity index (χ4n) is 4.80. The predicted molar refractivity (Wildman–Crippen MR) is 113 cm³/mol. The molecule has 0 aromatic heterocycles. The average Bonchev–Trinajstić information content (AvgIpc) is 3.09. The summed E-state index contributed by atoms with van der Waals surface area (Å²) in [6.07, 6.45) is 8.12. The van der Waals surface area contributed by atoms with Crippen molar-refractivity contribution >= 4 is 13.3 Å². The third kappa shape index (κ3) is 4.30. The molecule has 140 valence electrons. The van der Waals surface area contributed by atoms with Gasteiger partial charge in [-0.3, -0.25) is 0 Å². The lowest BCUT2D eigenvalue weighted by Gasteiger charge is -2.26. The molecule has 3 atom stereocenters. The van der Waals surface area contributed by atoms with E-state index >= 15 is 0 Å². The summed E-state index contributed by atoms with van der Waals surface area (Å²) in [5.41, 5.74) is 13.0. The van der Waals surface area contributed by atoms with E-state index in [1.54, 1.807) is 0 Å².